The third-order valence-electron chi connectivity index (χ3n) is 3.46. The molecule has 1 heterocycles. The van der Waals surface area contributed by atoms with Gasteiger partial charge in [0, 0.05) is 6.20 Å². The fourth-order valence-electron chi connectivity index (χ4n) is 2.31. The molecule has 100 valence electrons. The van der Waals surface area contributed by atoms with Gasteiger partial charge in [-0.15, -0.1) is 0 Å². The Labute approximate surface area is 113 Å². The predicted molar refractivity (Wildman–Crippen MR) is 75.6 cm³/mol. The average molecular weight is 258 g/mol. The van der Waals surface area contributed by atoms with E-state index >= 15 is 0 Å². The first kappa shape index (κ1) is 13.7. The second-order valence-electron chi connectivity index (χ2n) is 4.82. The first-order chi connectivity index (χ1) is 9.11. The Morgan fingerprint density at radius 2 is 2.00 bits per heavy atom. The third kappa shape index (κ3) is 3.18. The van der Waals surface area contributed by atoms with E-state index in [1.54, 1.807) is 6.07 Å². The van der Waals surface area contributed by atoms with Gasteiger partial charge in [-0.25, -0.2) is 4.39 Å². The Morgan fingerprint density at radius 1 is 1.21 bits per heavy atom. The SMILES string of the molecule is CNC(Cc1ccc(F)cc1C)c1ncccc1C. The lowest BCUT2D eigenvalue weighted by molar-refractivity contribution is 0.569. The fourth-order valence-corrected chi connectivity index (χ4v) is 2.31. The monoisotopic (exact) mass is 258 g/mol. The predicted octanol–water partition coefficient (Wildman–Crippen LogP) is 3.34. The lowest BCUT2D eigenvalue weighted by atomic mass is 9.97. The Balaban J connectivity index is 2.27. The van der Waals surface area contributed by atoms with Crippen LogP contribution in [0.3, 0.4) is 0 Å². The van der Waals surface area contributed by atoms with Crippen molar-refractivity contribution >= 4 is 0 Å². The van der Waals surface area contributed by atoms with Gasteiger partial charge < -0.3 is 5.32 Å². The zero-order valence-corrected chi connectivity index (χ0v) is 11.6. The van der Waals surface area contributed by atoms with E-state index in [1.807, 2.05) is 32.3 Å². The van der Waals surface area contributed by atoms with E-state index in [0.29, 0.717) is 0 Å². The van der Waals surface area contributed by atoms with Crippen LogP contribution in [0.4, 0.5) is 4.39 Å². The van der Waals surface area contributed by atoms with Crippen LogP contribution in [-0.4, -0.2) is 12.0 Å². The van der Waals surface area contributed by atoms with Crippen LogP contribution in [-0.2, 0) is 6.42 Å². The number of benzene rings is 1. The summed E-state index contributed by atoms with van der Waals surface area (Å²) in [6, 6.07) is 9.09. The number of aromatic nitrogens is 1. The summed E-state index contributed by atoms with van der Waals surface area (Å²) in [7, 11) is 1.93. The second kappa shape index (κ2) is 5.93. The fraction of sp³-hybridized carbons (Fsp3) is 0.312. The van der Waals surface area contributed by atoms with Crippen LogP contribution in [0.25, 0.3) is 0 Å². The summed E-state index contributed by atoms with van der Waals surface area (Å²) < 4.78 is 13.1. The normalized spacial score (nSPS) is 12.4. The topological polar surface area (TPSA) is 24.9 Å². The number of halogens is 1. The smallest absolute Gasteiger partial charge is 0.123 e. The summed E-state index contributed by atoms with van der Waals surface area (Å²) in [5.41, 5.74) is 4.34. The highest BCUT2D eigenvalue weighted by Gasteiger charge is 2.14. The summed E-state index contributed by atoms with van der Waals surface area (Å²) in [5, 5.41) is 3.29. The van der Waals surface area contributed by atoms with Crippen molar-refractivity contribution in [3.63, 3.8) is 0 Å². The van der Waals surface area contributed by atoms with Crippen molar-refractivity contribution in [2.75, 3.05) is 7.05 Å². The quantitative estimate of drug-likeness (QED) is 0.909. The highest BCUT2D eigenvalue weighted by molar-refractivity contribution is 5.30. The van der Waals surface area contributed by atoms with Gasteiger partial charge in [-0.1, -0.05) is 12.1 Å². The minimum absolute atomic E-state index is 0.144. The molecule has 0 bridgehead atoms. The number of nitrogens with zero attached hydrogens (tertiary/aromatic N) is 1. The molecule has 0 saturated carbocycles. The number of hydrogen-bond donors (Lipinski definition) is 1. The first-order valence-corrected chi connectivity index (χ1v) is 6.45. The highest BCUT2D eigenvalue weighted by Crippen LogP contribution is 2.21. The first-order valence-electron chi connectivity index (χ1n) is 6.45. The van der Waals surface area contributed by atoms with Gasteiger partial charge in [0.05, 0.1) is 11.7 Å². The number of rotatable bonds is 4. The number of likely N-dealkylation sites (N-methyl/N-ethyl adjacent to an activating group) is 1. The lowest BCUT2D eigenvalue weighted by Gasteiger charge is -2.18. The molecule has 0 aliphatic rings. The summed E-state index contributed by atoms with van der Waals surface area (Å²) >= 11 is 0. The second-order valence-corrected chi connectivity index (χ2v) is 4.82. The van der Waals surface area contributed by atoms with Crippen LogP contribution in [0, 0.1) is 19.7 Å². The molecule has 1 aromatic carbocycles. The molecule has 0 spiro atoms. The van der Waals surface area contributed by atoms with Gasteiger partial charge >= 0.3 is 0 Å². The molecule has 2 nitrogen and oxygen atoms in total. The van der Waals surface area contributed by atoms with Crippen LogP contribution in [0.15, 0.2) is 36.5 Å². The van der Waals surface area contributed by atoms with Crippen LogP contribution >= 0.6 is 0 Å². The minimum atomic E-state index is -0.184. The van der Waals surface area contributed by atoms with E-state index in [0.717, 1.165) is 23.2 Å². The van der Waals surface area contributed by atoms with E-state index in [1.165, 1.54) is 11.6 Å². The van der Waals surface area contributed by atoms with Gasteiger partial charge in [0.1, 0.15) is 5.82 Å². The molecule has 1 atom stereocenters. The summed E-state index contributed by atoms with van der Waals surface area (Å²) in [6.07, 6.45) is 2.62. The Morgan fingerprint density at radius 3 is 2.63 bits per heavy atom. The average Bonchev–Trinajstić information content (AvgIpc) is 2.39. The molecule has 0 radical (unpaired) electrons. The molecule has 1 aromatic heterocycles. The molecule has 2 rings (SSSR count). The Kier molecular flexibility index (Phi) is 4.27. The van der Waals surface area contributed by atoms with Gasteiger partial charge in [0.15, 0.2) is 0 Å². The van der Waals surface area contributed by atoms with Crippen molar-refractivity contribution in [2.24, 2.45) is 0 Å². The van der Waals surface area contributed by atoms with E-state index < -0.39 is 0 Å². The van der Waals surface area contributed by atoms with Crippen molar-refractivity contribution in [3.05, 3.63) is 64.7 Å². The van der Waals surface area contributed by atoms with E-state index in [2.05, 4.69) is 23.3 Å². The van der Waals surface area contributed by atoms with E-state index in [-0.39, 0.29) is 11.9 Å². The van der Waals surface area contributed by atoms with Crippen LogP contribution in [0.2, 0.25) is 0 Å². The lowest BCUT2D eigenvalue weighted by Crippen LogP contribution is -2.21. The van der Waals surface area contributed by atoms with Gasteiger partial charge in [0.25, 0.3) is 0 Å². The summed E-state index contributed by atoms with van der Waals surface area (Å²) in [4.78, 5) is 4.46. The highest BCUT2D eigenvalue weighted by atomic mass is 19.1. The maximum Gasteiger partial charge on any atom is 0.123 e. The zero-order valence-electron chi connectivity index (χ0n) is 11.6. The molecule has 1 N–H and O–H groups in total. The van der Waals surface area contributed by atoms with Crippen molar-refractivity contribution < 1.29 is 4.39 Å². The number of aryl methyl sites for hydroxylation is 2. The van der Waals surface area contributed by atoms with Crippen molar-refractivity contribution in [1.29, 1.82) is 0 Å². The summed E-state index contributed by atoms with van der Waals surface area (Å²) in [5.74, 6) is -0.184. The van der Waals surface area contributed by atoms with Gasteiger partial charge in [-0.05, 0) is 62.2 Å². The molecule has 0 amide bonds. The molecule has 2 aromatic rings. The maximum atomic E-state index is 13.1. The summed E-state index contributed by atoms with van der Waals surface area (Å²) in [6.45, 7) is 4.00. The number of nitrogens with one attached hydrogen (secondary N) is 1. The van der Waals surface area contributed by atoms with Crippen molar-refractivity contribution in [1.82, 2.24) is 10.3 Å². The molecular weight excluding hydrogens is 239 g/mol. The maximum absolute atomic E-state index is 13.1. The van der Waals surface area contributed by atoms with Crippen molar-refractivity contribution in [3.8, 4) is 0 Å². The number of hydrogen-bond acceptors (Lipinski definition) is 2. The molecule has 0 fully saturated rings. The van der Waals surface area contributed by atoms with Crippen molar-refractivity contribution in [2.45, 2.75) is 26.3 Å². The molecule has 19 heavy (non-hydrogen) atoms. The molecule has 0 saturated heterocycles. The molecular formula is C16H19FN2. The molecule has 0 aliphatic heterocycles. The van der Waals surface area contributed by atoms with Crippen LogP contribution < -0.4 is 5.32 Å². The zero-order chi connectivity index (χ0) is 13.8. The number of pyridine rings is 1. The van der Waals surface area contributed by atoms with Crippen LogP contribution in [0.5, 0.6) is 0 Å². The largest absolute Gasteiger partial charge is 0.311 e. The molecule has 1 unspecified atom stereocenters. The van der Waals surface area contributed by atoms with E-state index in [9.17, 15) is 4.39 Å². The molecule has 0 aliphatic carbocycles. The Bertz CT molecular complexity index is 566. The third-order valence-corrected chi connectivity index (χ3v) is 3.46. The van der Waals surface area contributed by atoms with Gasteiger partial charge in [-0.3, -0.25) is 4.98 Å². The standard InChI is InChI=1S/C16H19FN2/c1-11-5-4-8-19-16(11)15(18-3)10-13-6-7-14(17)9-12(13)2/h4-9,15,18H,10H2,1-3H3. The molecule has 3 heteroatoms. The van der Waals surface area contributed by atoms with E-state index in [4.69, 9.17) is 0 Å². The van der Waals surface area contributed by atoms with Gasteiger partial charge in [-0.2, -0.15) is 0 Å². The Hall–Kier alpha value is -1.74. The minimum Gasteiger partial charge on any atom is -0.311 e. The van der Waals surface area contributed by atoms with Crippen LogP contribution in [0.1, 0.15) is 28.4 Å². The van der Waals surface area contributed by atoms with Gasteiger partial charge in [0.2, 0.25) is 0 Å².